The van der Waals surface area contributed by atoms with Crippen molar-refractivity contribution in [2.24, 2.45) is 7.05 Å². The van der Waals surface area contributed by atoms with E-state index in [2.05, 4.69) is 26.3 Å². The number of benzene rings is 1. The van der Waals surface area contributed by atoms with Gasteiger partial charge in [0.2, 0.25) is 5.91 Å². The van der Waals surface area contributed by atoms with Crippen LogP contribution in [-0.2, 0) is 18.4 Å². The molecule has 3 rings (SSSR count). The molecule has 0 bridgehead atoms. The molecule has 5 heteroatoms. The summed E-state index contributed by atoms with van der Waals surface area (Å²) in [7, 11) is 2.01. The Hall–Kier alpha value is -1.88. The quantitative estimate of drug-likeness (QED) is 0.884. The van der Waals surface area contributed by atoms with Crippen molar-refractivity contribution in [2.45, 2.75) is 32.4 Å². The number of carbonyl (C=O) groups excluding carboxylic acids is 1. The zero-order valence-electron chi connectivity index (χ0n) is 11.9. The van der Waals surface area contributed by atoms with E-state index in [1.54, 1.807) is 0 Å². The lowest BCUT2D eigenvalue weighted by Gasteiger charge is -2.11. The van der Waals surface area contributed by atoms with Gasteiger partial charge in [0.15, 0.2) is 0 Å². The lowest BCUT2D eigenvalue weighted by atomic mass is 10.2. The molecule has 2 heterocycles. The second-order valence-electron chi connectivity index (χ2n) is 5.41. The molecular weight excluding hydrogens is 252 g/mol. The minimum Gasteiger partial charge on any atom is -0.351 e. The normalized spacial score (nSPS) is 18.6. The predicted molar refractivity (Wildman–Crippen MR) is 78.3 cm³/mol. The molecule has 0 spiro atoms. The van der Waals surface area contributed by atoms with E-state index < -0.39 is 0 Å². The van der Waals surface area contributed by atoms with Crippen molar-refractivity contribution in [2.75, 3.05) is 6.54 Å². The topological polar surface area (TPSA) is 59.0 Å². The van der Waals surface area contributed by atoms with Crippen LogP contribution in [0.5, 0.6) is 0 Å². The number of aromatic nitrogens is 2. The summed E-state index contributed by atoms with van der Waals surface area (Å²) < 4.78 is 2.07. The van der Waals surface area contributed by atoms with Gasteiger partial charge < -0.3 is 15.2 Å². The van der Waals surface area contributed by atoms with E-state index in [0.29, 0.717) is 6.54 Å². The van der Waals surface area contributed by atoms with E-state index in [9.17, 15) is 4.79 Å². The molecule has 0 radical (unpaired) electrons. The fourth-order valence-electron chi connectivity index (χ4n) is 2.70. The van der Waals surface area contributed by atoms with Crippen molar-refractivity contribution in [3.05, 3.63) is 29.6 Å². The molecule has 1 amide bonds. The van der Waals surface area contributed by atoms with E-state index in [1.807, 2.05) is 26.1 Å². The third-order valence-corrected chi connectivity index (χ3v) is 4.01. The Bertz CT molecular complexity index is 641. The number of rotatable bonds is 3. The molecule has 20 heavy (non-hydrogen) atoms. The van der Waals surface area contributed by atoms with Crippen molar-refractivity contribution >= 4 is 16.9 Å². The first-order chi connectivity index (χ1) is 9.65. The number of imidazole rings is 1. The first-order valence-corrected chi connectivity index (χ1v) is 7.08. The maximum Gasteiger partial charge on any atom is 0.237 e. The molecular formula is C15H20N4O. The number of nitrogens with one attached hydrogen (secondary N) is 2. The Labute approximate surface area is 118 Å². The second kappa shape index (κ2) is 5.25. The average molecular weight is 272 g/mol. The summed E-state index contributed by atoms with van der Waals surface area (Å²) in [5.74, 6) is 1.09. The number of hydrogen-bond acceptors (Lipinski definition) is 3. The van der Waals surface area contributed by atoms with E-state index in [1.165, 1.54) is 0 Å². The molecule has 1 aliphatic rings. The summed E-state index contributed by atoms with van der Waals surface area (Å²) in [5.41, 5.74) is 3.19. The molecule has 1 saturated heterocycles. The van der Waals surface area contributed by atoms with Crippen LogP contribution < -0.4 is 10.6 Å². The lowest BCUT2D eigenvalue weighted by Crippen LogP contribution is -2.39. The van der Waals surface area contributed by atoms with Crippen molar-refractivity contribution in [3.8, 4) is 0 Å². The van der Waals surface area contributed by atoms with Gasteiger partial charge in [0.25, 0.3) is 0 Å². The summed E-state index contributed by atoms with van der Waals surface area (Å²) in [6.07, 6.45) is 2.02. The summed E-state index contributed by atoms with van der Waals surface area (Å²) in [6.45, 7) is 3.49. The third-order valence-electron chi connectivity index (χ3n) is 4.01. The van der Waals surface area contributed by atoms with Crippen LogP contribution in [0.1, 0.15) is 24.2 Å². The predicted octanol–water partition coefficient (Wildman–Crippen LogP) is 1.25. The van der Waals surface area contributed by atoms with Crippen molar-refractivity contribution in [1.29, 1.82) is 0 Å². The van der Waals surface area contributed by atoms with E-state index in [0.717, 1.165) is 41.8 Å². The third kappa shape index (κ3) is 2.41. The molecule has 1 atom stereocenters. The van der Waals surface area contributed by atoms with Crippen molar-refractivity contribution in [3.63, 3.8) is 0 Å². The molecule has 1 fully saturated rings. The fourth-order valence-corrected chi connectivity index (χ4v) is 2.70. The summed E-state index contributed by atoms with van der Waals surface area (Å²) in [5, 5.41) is 6.20. The van der Waals surface area contributed by atoms with Crippen LogP contribution in [0.2, 0.25) is 0 Å². The maximum absolute atomic E-state index is 11.9. The molecule has 1 unspecified atom stereocenters. The molecule has 2 aromatic rings. The number of fused-ring (bicyclic) bond motifs is 1. The molecule has 0 aliphatic carbocycles. The Morgan fingerprint density at radius 3 is 3.15 bits per heavy atom. The van der Waals surface area contributed by atoms with Crippen LogP contribution >= 0.6 is 0 Å². The average Bonchev–Trinajstić information content (AvgIpc) is 3.06. The molecule has 1 aromatic heterocycles. The van der Waals surface area contributed by atoms with E-state index in [4.69, 9.17) is 0 Å². The number of hydrogen-bond donors (Lipinski definition) is 2. The summed E-state index contributed by atoms with van der Waals surface area (Å²) in [4.78, 5) is 16.5. The molecule has 106 valence electrons. The number of amides is 1. The smallest absolute Gasteiger partial charge is 0.237 e. The second-order valence-corrected chi connectivity index (χ2v) is 5.41. The van der Waals surface area contributed by atoms with Crippen LogP contribution in [0.15, 0.2) is 18.2 Å². The first-order valence-electron chi connectivity index (χ1n) is 7.08. The molecule has 5 nitrogen and oxygen atoms in total. The first kappa shape index (κ1) is 13.1. The molecule has 2 N–H and O–H groups in total. The zero-order valence-corrected chi connectivity index (χ0v) is 11.9. The molecule has 1 aromatic carbocycles. The summed E-state index contributed by atoms with van der Waals surface area (Å²) in [6, 6.07) is 6.14. The number of nitrogens with zero attached hydrogens (tertiary/aromatic N) is 2. The Morgan fingerprint density at radius 1 is 1.55 bits per heavy atom. The van der Waals surface area contributed by atoms with Crippen molar-refractivity contribution in [1.82, 2.24) is 20.2 Å². The molecule has 1 aliphatic heterocycles. The maximum atomic E-state index is 11.9. The van der Waals surface area contributed by atoms with Gasteiger partial charge >= 0.3 is 0 Å². The highest BCUT2D eigenvalue weighted by atomic mass is 16.2. The van der Waals surface area contributed by atoms with Gasteiger partial charge in [-0.15, -0.1) is 0 Å². The SMILES string of the molecule is Cc1nc2cc(CNC(=O)C3CCCN3)ccc2n1C. The van der Waals surface area contributed by atoms with Gasteiger partial charge in [0, 0.05) is 13.6 Å². The van der Waals surface area contributed by atoms with E-state index in [-0.39, 0.29) is 11.9 Å². The van der Waals surface area contributed by atoms with Gasteiger partial charge in [-0.2, -0.15) is 0 Å². The Kier molecular flexibility index (Phi) is 3.44. The fraction of sp³-hybridized carbons (Fsp3) is 0.467. The van der Waals surface area contributed by atoms with Gasteiger partial charge in [0.1, 0.15) is 5.82 Å². The standard InChI is InChI=1S/C15H20N4O/c1-10-18-13-8-11(5-6-14(13)19(10)2)9-17-15(20)12-4-3-7-16-12/h5-6,8,12,16H,3-4,7,9H2,1-2H3,(H,17,20). The van der Waals surface area contributed by atoms with Gasteiger partial charge in [0.05, 0.1) is 17.1 Å². The van der Waals surface area contributed by atoms with Crippen molar-refractivity contribution < 1.29 is 4.79 Å². The number of carbonyl (C=O) groups is 1. The van der Waals surface area contributed by atoms with Gasteiger partial charge in [-0.05, 0) is 44.0 Å². The van der Waals surface area contributed by atoms with Gasteiger partial charge in [-0.3, -0.25) is 4.79 Å². The highest BCUT2D eigenvalue weighted by Gasteiger charge is 2.21. The van der Waals surface area contributed by atoms with Gasteiger partial charge in [-0.1, -0.05) is 6.07 Å². The number of aryl methyl sites for hydroxylation is 2. The van der Waals surface area contributed by atoms with Crippen LogP contribution in [-0.4, -0.2) is 28.0 Å². The Morgan fingerprint density at radius 2 is 2.40 bits per heavy atom. The Balaban J connectivity index is 1.69. The van der Waals surface area contributed by atoms with Crippen LogP contribution in [0.3, 0.4) is 0 Å². The largest absolute Gasteiger partial charge is 0.351 e. The lowest BCUT2D eigenvalue weighted by molar-refractivity contribution is -0.122. The van der Waals surface area contributed by atoms with Crippen LogP contribution in [0.4, 0.5) is 0 Å². The summed E-state index contributed by atoms with van der Waals surface area (Å²) >= 11 is 0. The zero-order chi connectivity index (χ0) is 14.1. The molecule has 0 saturated carbocycles. The van der Waals surface area contributed by atoms with Gasteiger partial charge in [-0.25, -0.2) is 4.98 Å². The minimum atomic E-state index is -0.0178. The highest BCUT2D eigenvalue weighted by Crippen LogP contribution is 2.16. The van der Waals surface area contributed by atoms with E-state index >= 15 is 0 Å². The minimum absolute atomic E-state index is 0.0178. The highest BCUT2D eigenvalue weighted by molar-refractivity contribution is 5.82. The monoisotopic (exact) mass is 272 g/mol. The van der Waals surface area contributed by atoms with Crippen LogP contribution in [0, 0.1) is 6.92 Å². The van der Waals surface area contributed by atoms with Crippen LogP contribution in [0.25, 0.3) is 11.0 Å².